The summed E-state index contributed by atoms with van der Waals surface area (Å²) in [5.41, 5.74) is 3.64. The Labute approximate surface area is 187 Å². The molecule has 0 aliphatic carbocycles. The molecule has 32 heavy (non-hydrogen) atoms. The number of methoxy groups -OCH3 is 1. The van der Waals surface area contributed by atoms with Crippen LogP contribution in [0.4, 0.5) is 11.5 Å². The molecule has 0 atom stereocenters. The van der Waals surface area contributed by atoms with E-state index in [1.165, 1.54) is 0 Å². The number of hydrogen-bond donors (Lipinski definition) is 1. The molecule has 0 unspecified atom stereocenters. The summed E-state index contributed by atoms with van der Waals surface area (Å²) < 4.78 is 12.5. The Morgan fingerprint density at radius 1 is 1.16 bits per heavy atom. The Hall–Kier alpha value is -3.46. The molecule has 1 aliphatic heterocycles. The molecular formula is C23H28N6O3. The number of aromatic nitrogens is 4. The number of nitrogens with one attached hydrogen (secondary N) is 1. The average Bonchev–Trinajstić information content (AvgIpc) is 3.11. The molecule has 1 aliphatic rings. The standard InChI is InChI=1S/C23H28N6O3/c1-16-20(7-8-23(30)26-18-5-4-6-19(13-18)31-3)17(2)29(27-16)22-14-21(24-15-25-22)28-9-11-32-12-10-28/h4-6,13-15H,7-12H2,1-3H3,(H,26,30). The van der Waals surface area contributed by atoms with Gasteiger partial charge in [-0.3, -0.25) is 4.79 Å². The van der Waals surface area contributed by atoms with Gasteiger partial charge >= 0.3 is 0 Å². The highest BCUT2D eigenvalue weighted by Crippen LogP contribution is 2.22. The van der Waals surface area contributed by atoms with E-state index in [9.17, 15) is 4.79 Å². The first-order chi connectivity index (χ1) is 15.5. The minimum absolute atomic E-state index is 0.0542. The van der Waals surface area contributed by atoms with Crippen LogP contribution in [0.25, 0.3) is 5.82 Å². The lowest BCUT2D eigenvalue weighted by atomic mass is 10.1. The Morgan fingerprint density at radius 2 is 1.94 bits per heavy atom. The molecule has 3 heterocycles. The third-order valence-electron chi connectivity index (χ3n) is 5.59. The van der Waals surface area contributed by atoms with Crippen molar-refractivity contribution in [3.63, 3.8) is 0 Å². The van der Waals surface area contributed by atoms with Crippen molar-refractivity contribution in [2.45, 2.75) is 26.7 Å². The van der Waals surface area contributed by atoms with Gasteiger partial charge < -0.3 is 19.7 Å². The number of hydrogen-bond acceptors (Lipinski definition) is 7. The van der Waals surface area contributed by atoms with Crippen LogP contribution in [-0.2, 0) is 16.0 Å². The largest absolute Gasteiger partial charge is 0.497 e. The number of carbonyl (C=O) groups is 1. The van der Waals surface area contributed by atoms with Crippen LogP contribution >= 0.6 is 0 Å². The molecule has 3 aromatic rings. The van der Waals surface area contributed by atoms with Gasteiger partial charge in [-0.1, -0.05) is 6.07 Å². The van der Waals surface area contributed by atoms with Gasteiger partial charge in [-0.05, 0) is 38.0 Å². The van der Waals surface area contributed by atoms with E-state index in [1.807, 2.05) is 42.8 Å². The van der Waals surface area contributed by atoms with Crippen molar-refractivity contribution in [2.75, 3.05) is 43.6 Å². The number of morpholine rings is 1. The summed E-state index contributed by atoms with van der Waals surface area (Å²) in [6, 6.07) is 9.28. The summed E-state index contributed by atoms with van der Waals surface area (Å²) in [6.07, 6.45) is 2.51. The summed E-state index contributed by atoms with van der Waals surface area (Å²) in [5.74, 6) is 2.23. The number of aryl methyl sites for hydroxylation is 1. The average molecular weight is 437 g/mol. The van der Waals surface area contributed by atoms with E-state index < -0.39 is 0 Å². The molecule has 9 heteroatoms. The second kappa shape index (κ2) is 9.78. The van der Waals surface area contributed by atoms with Crippen LogP contribution in [0.2, 0.25) is 0 Å². The minimum atomic E-state index is -0.0542. The van der Waals surface area contributed by atoms with E-state index in [4.69, 9.17) is 9.47 Å². The summed E-state index contributed by atoms with van der Waals surface area (Å²) in [5, 5.41) is 7.61. The van der Waals surface area contributed by atoms with Gasteiger partial charge in [-0.15, -0.1) is 0 Å². The van der Waals surface area contributed by atoms with Crippen LogP contribution in [0.3, 0.4) is 0 Å². The minimum Gasteiger partial charge on any atom is -0.497 e. The number of benzene rings is 1. The predicted octanol–water partition coefficient (Wildman–Crippen LogP) is 2.70. The lowest BCUT2D eigenvalue weighted by Crippen LogP contribution is -2.36. The van der Waals surface area contributed by atoms with Crippen molar-refractivity contribution in [2.24, 2.45) is 0 Å². The normalized spacial score (nSPS) is 13.8. The highest BCUT2D eigenvalue weighted by Gasteiger charge is 2.18. The molecule has 4 rings (SSSR count). The van der Waals surface area contributed by atoms with E-state index in [2.05, 4.69) is 25.3 Å². The summed E-state index contributed by atoms with van der Waals surface area (Å²) in [7, 11) is 1.60. The fourth-order valence-corrected chi connectivity index (χ4v) is 3.84. The quantitative estimate of drug-likeness (QED) is 0.608. The first-order valence-corrected chi connectivity index (χ1v) is 10.7. The molecular weight excluding hydrogens is 408 g/mol. The van der Waals surface area contributed by atoms with Crippen molar-refractivity contribution in [3.05, 3.63) is 53.6 Å². The van der Waals surface area contributed by atoms with Crippen LogP contribution in [0.15, 0.2) is 36.7 Å². The highest BCUT2D eigenvalue weighted by atomic mass is 16.5. The van der Waals surface area contributed by atoms with Crippen LogP contribution < -0.4 is 15.0 Å². The van der Waals surface area contributed by atoms with Crippen molar-refractivity contribution in [1.82, 2.24) is 19.7 Å². The first kappa shape index (κ1) is 21.8. The fraction of sp³-hybridized carbons (Fsp3) is 0.391. The third-order valence-corrected chi connectivity index (χ3v) is 5.59. The molecule has 1 aromatic carbocycles. The van der Waals surface area contributed by atoms with Gasteiger partial charge in [0.25, 0.3) is 0 Å². The van der Waals surface area contributed by atoms with E-state index in [0.717, 1.165) is 41.5 Å². The lowest BCUT2D eigenvalue weighted by molar-refractivity contribution is -0.116. The monoisotopic (exact) mass is 436 g/mol. The molecule has 1 N–H and O–H groups in total. The second-order valence-corrected chi connectivity index (χ2v) is 7.68. The number of nitrogens with zero attached hydrogens (tertiary/aromatic N) is 5. The lowest BCUT2D eigenvalue weighted by Gasteiger charge is -2.27. The first-order valence-electron chi connectivity index (χ1n) is 10.7. The Bertz CT molecular complexity index is 1090. The molecule has 1 saturated heterocycles. The maximum Gasteiger partial charge on any atom is 0.224 e. The number of ether oxygens (including phenoxy) is 2. The summed E-state index contributed by atoms with van der Waals surface area (Å²) >= 11 is 0. The highest BCUT2D eigenvalue weighted by molar-refractivity contribution is 5.91. The van der Waals surface area contributed by atoms with E-state index >= 15 is 0 Å². The molecule has 0 saturated carbocycles. The van der Waals surface area contributed by atoms with Crippen molar-refractivity contribution < 1.29 is 14.3 Å². The smallest absolute Gasteiger partial charge is 0.224 e. The Morgan fingerprint density at radius 3 is 2.72 bits per heavy atom. The predicted molar refractivity (Wildman–Crippen MR) is 122 cm³/mol. The zero-order valence-corrected chi connectivity index (χ0v) is 18.7. The SMILES string of the molecule is COc1cccc(NC(=O)CCc2c(C)nn(-c3cc(N4CCOCC4)ncn3)c2C)c1. The van der Waals surface area contributed by atoms with Crippen LogP contribution in [0.5, 0.6) is 5.75 Å². The van der Waals surface area contributed by atoms with Crippen molar-refractivity contribution >= 4 is 17.4 Å². The van der Waals surface area contributed by atoms with Crippen LogP contribution in [-0.4, -0.2) is 59.1 Å². The maximum absolute atomic E-state index is 12.5. The third kappa shape index (κ3) is 4.88. The van der Waals surface area contributed by atoms with E-state index in [-0.39, 0.29) is 5.91 Å². The topological polar surface area (TPSA) is 94.4 Å². The molecule has 2 aromatic heterocycles. The maximum atomic E-state index is 12.5. The zero-order chi connectivity index (χ0) is 22.5. The summed E-state index contributed by atoms with van der Waals surface area (Å²) in [4.78, 5) is 23.5. The molecule has 0 bridgehead atoms. The number of amides is 1. The van der Waals surface area contributed by atoms with Crippen molar-refractivity contribution in [1.29, 1.82) is 0 Å². The Kier molecular flexibility index (Phi) is 6.65. The van der Waals surface area contributed by atoms with Gasteiger partial charge in [0, 0.05) is 43.0 Å². The molecule has 1 amide bonds. The molecule has 0 spiro atoms. The van der Waals surface area contributed by atoms with E-state index in [0.29, 0.717) is 37.6 Å². The van der Waals surface area contributed by atoms with Crippen LogP contribution in [0.1, 0.15) is 23.4 Å². The van der Waals surface area contributed by atoms with Crippen LogP contribution in [0, 0.1) is 13.8 Å². The molecule has 168 valence electrons. The zero-order valence-electron chi connectivity index (χ0n) is 18.7. The number of rotatable bonds is 7. The summed E-state index contributed by atoms with van der Waals surface area (Å²) in [6.45, 7) is 6.97. The Balaban J connectivity index is 1.45. The van der Waals surface area contributed by atoms with Gasteiger partial charge in [-0.25, -0.2) is 14.6 Å². The van der Waals surface area contributed by atoms with Gasteiger partial charge in [0.15, 0.2) is 5.82 Å². The van der Waals surface area contributed by atoms with Gasteiger partial charge in [-0.2, -0.15) is 5.10 Å². The molecule has 0 radical (unpaired) electrons. The molecule has 9 nitrogen and oxygen atoms in total. The van der Waals surface area contributed by atoms with Gasteiger partial charge in [0.1, 0.15) is 17.9 Å². The number of carbonyl (C=O) groups excluding carboxylic acids is 1. The molecule has 1 fully saturated rings. The van der Waals surface area contributed by atoms with Crippen molar-refractivity contribution in [3.8, 4) is 11.6 Å². The van der Waals surface area contributed by atoms with Gasteiger partial charge in [0.2, 0.25) is 5.91 Å². The number of anilines is 2. The second-order valence-electron chi connectivity index (χ2n) is 7.68. The van der Waals surface area contributed by atoms with Gasteiger partial charge in [0.05, 0.1) is 26.0 Å². The van der Waals surface area contributed by atoms with E-state index in [1.54, 1.807) is 19.5 Å². The fourth-order valence-electron chi connectivity index (χ4n) is 3.84.